The summed E-state index contributed by atoms with van der Waals surface area (Å²) < 4.78 is 77.7. The van der Waals surface area contributed by atoms with E-state index >= 15 is 0 Å². The average Bonchev–Trinajstić information content (AvgIpc) is 3.21. The van der Waals surface area contributed by atoms with Crippen LogP contribution in [0.5, 0.6) is 0 Å². The third-order valence-electron chi connectivity index (χ3n) is 4.83. The molecule has 0 saturated carbocycles. The summed E-state index contributed by atoms with van der Waals surface area (Å²) in [5, 5.41) is 1.59. The van der Waals surface area contributed by atoms with E-state index in [2.05, 4.69) is 0 Å². The largest absolute Gasteiger partial charge is 0.349 e. The van der Waals surface area contributed by atoms with Crippen molar-refractivity contribution in [1.82, 2.24) is 15.5 Å². The fourth-order valence-corrected chi connectivity index (χ4v) is 3.34. The van der Waals surface area contributed by atoms with Crippen molar-refractivity contribution in [3.05, 3.63) is 69.7 Å². The topological polar surface area (TPSA) is 95.6 Å². The van der Waals surface area contributed by atoms with Crippen LogP contribution in [0, 0.1) is 0 Å². The summed E-state index contributed by atoms with van der Waals surface area (Å²) in [7, 11) is 0. The predicted molar refractivity (Wildman–Crippen MR) is 110 cm³/mol. The summed E-state index contributed by atoms with van der Waals surface area (Å²) >= 11 is 5.68. The third-order valence-corrected chi connectivity index (χ3v) is 5.08. The summed E-state index contributed by atoms with van der Waals surface area (Å²) in [6.07, 6.45) is -5.27. The Morgan fingerprint density at radius 3 is 2.75 bits per heavy atom. The number of piperidine rings is 1. The molecule has 1 fully saturated rings. The molecule has 0 bridgehead atoms. The van der Waals surface area contributed by atoms with Crippen molar-refractivity contribution in [2.75, 3.05) is 0 Å². The van der Waals surface area contributed by atoms with Crippen molar-refractivity contribution >= 4 is 35.2 Å². The van der Waals surface area contributed by atoms with E-state index < -0.39 is 67.0 Å². The predicted octanol–water partition coefficient (Wildman–Crippen LogP) is 2.51. The maximum atomic E-state index is 14.7. The van der Waals surface area contributed by atoms with Crippen LogP contribution in [0.1, 0.15) is 46.7 Å². The van der Waals surface area contributed by atoms with Crippen molar-refractivity contribution < 1.29 is 36.2 Å². The van der Waals surface area contributed by atoms with Crippen molar-refractivity contribution in [2.24, 2.45) is 0 Å². The first-order valence-electron chi connectivity index (χ1n) is 12.3. The molecule has 2 aliphatic rings. The van der Waals surface area contributed by atoms with Gasteiger partial charge in [-0.3, -0.25) is 24.5 Å². The highest BCUT2D eigenvalue weighted by molar-refractivity contribution is 6.30. The SMILES string of the molecule is [2H]C(c1ccc2c(c1)CN([C@]1([2H])C(=O)NC(=O)C([2H])([2H])C1[2H])C2=O)N([2H])C(=O)C(F)(F)c1ccc(Cl)cc1. The first kappa shape index (κ1) is 15.5. The fourth-order valence-electron chi connectivity index (χ4n) is 3.22. The molecule has 2 aromatic rings. The minimum absolute atomic E-state index is 0.0825. The van der Waals surface area contributed by atoms with Crippen molar-refractivity contribution in [3.8, 4) is 0 Å². The minimum atomic E-state index is -4.15. The maximum absolute atomic E-state index is 14.7. The van der Waals surface area contributed by atoms with Gasteiger partial charge >= 0.3 is 5.92 Å². The van der Waals surface area contributed by atoms with Crippen LogP contribution < -0.4 is 10.6 Å². The zero-order valence-corrected chi connectivity index (χ0v) is 16.8. The lowest BCUT2D eigenvalue weighted by Crippen LogP contribution is -2.52. The number of rotatable bonds is 5. The van der Waals surface area contributed by atoms with E-state index in [0.29, 0.717) is 4.90 Å². The zero-order valence-electron chi connectivity index (χ0n) is 22.1. The van der Waals surface area contributed by atoms with Gasteiger partial charge in [0.1, 0.15) is 6.02 Å². The molecule has 2 aliphatic heterocycles. The molecule has 1 saturated heterocycles. The van der Waals surface area contributed by atoms with Gasteiger partial charge in [0.2, 0.25) is 11.8 Å². The number of hydrogen-bond donors (Lipinski definition) is 2. The average molecular weight is 468 g/mol. The van der Waals surface area contributed by atoms with Crippen LogP contribution in [-0.2, 0) is 33.4 Å². The number of benzene rings is 2. The first-order valence-corrected chi connectivity index (χ1v) is 9.54. The quantitative estimate of drug-likeness (QED) is 0.660. The Morgan fingerprint density at radius 2 is 2.03 bits per heavy atom. The highest BCUT2D eigenvalue weighted by Crippen LogP contribution is 2.30. The van der Waals surface area contributed by atoms with Gasteiger partial charge in [-0.05, 0) is 35.7 Å². The molecule has 4 amide bonds. The van der Waals surface area contributed by atoms with Crippen LogP contribution in [-0.4, -0.2) is 34.5 Å². The third kappa shape index (κ3) is 4.08. The summed E-state index contributed by atoms with van der Waals surface area (Å²) in [5.41, 5.74) is -0.881. The normalized spacial score (nSPS) is 28.3. The first-order chi connectivity index (χ1) is 17.5. The second-order valence-corrected chi connectivity index (χ2v) is 7.35. The lowest BCUT2D eigenvalue weighted by Gasteiger charge is -2.29. The zero-order chi connectivity index (χ0) is 28.4. The minimum Gasteiger partial charge on any atom is -0.346 e. The van der Waals surface area contributed by atoms with Gasteiger partial charge < -0.3 is 10.2 Å². The van der Waals surface area contributed by atoms with Gasteiger partial charge in [-0.1, -0.05) is 35.9 Å². The standard InChI is InChI=1S/C22H18ClF2N3O4/c23-15-4-2-14(3-5-15)22(24,25)21(32)26-10-12-1-6-16-13(9-12)11-28(20(16)31)17-7-8-18(29)27-19(17)30/h1-6,9,17H,7-8,10-11H2,(H,26,32)(H,27,29,30)/t17-/m0/s1/i7D,8D2,10D,17D/hD/t7?,10?,17-. The Kier molecular flexibility index (Phi) is 4.02. The molecule has 2 N–H and O–H groups in total. The van der Waals surface area contributed by atoms with Crippen LogP contribution in [0.4, 0.5) is 8.78 Å². The van der Waals surface area contributed by atoms with Crippen LogP contribution in [0.25, 0.3) is 0 Å². The molecule has 166 valence electrons. The molecule has 2 aromatic carbocycles. The number of nitrogens with zero attached hydrogens (tertiary/aromatic N) is 1. The smallest absolute Gasteiger partial charge is 0.346 e. The van der Waals surface area contributed by atoms with Gasteiger partial charge in [-0.15, -0.1) is 0 Å². The van der Waals surface area contributed by atoms with E-state index in [0.717, 1.165) is 42.5 Å². The molecule has 0 spiro atoms. The van der Waals surface area contributed by atoms with Crippen molar-refractivity contribution in [1.29, 1.82) is 0 Å². The summed E-state index contributed by atoms with van der Waals surface area (Å²) in [6.45, 7) is -2.48. The van der Waals surface area contributed by atoms with Crippen LogP contribution in [0.2, 0.25) is 6.43 Å². The number of hydrogen-bond acceptors (Lipinski definition) is 4. The van der Waals surface area contributed by atoms with Gasteiger partial charge in [-0.25, -0.2) is 0 Å². The number of nitrogens with one attached hydrogen (secondary N) is 2. The van der Waals surface area contributed by atoms with Crippen LogP contribution >= 0.6 is 11.6 Å². The molecule has 0 aromatic heterocycles. The molecular weight excluding hydrogens is 444 g/mol. The van der Waals surface area contributed by atoms with Crippen molar-refractivity contribution in [3.63, 3.8) is 0 Å². The molecule has 32 heavy (non-hydrogen) atoms. The monoisotopic (exact) mass is 467 g/mol. The second-order valence-electron chi connectivity index (χ2n) is 6.91. The fraction of sp³-hybridized carbons (Fsp3) is 0.273. The molecule has 2 unspecified atom stereocenters. The number of carbonyl (C=O) groups excluding carboxylic acids is 4. The lowest BCUT2D eigenvalue weighted by atomic mass is 10.0. The van der Waals surface area contributed by atoms with E-state index in [9.17, 15) is 28.0 Å². The number of halogens is 3. The number of carbonyl (C=O) groups is 4. The van der Waals surface area contributed by atoms with E-state index in [4.69, 9.17) is 19.9 Å². The highest BCUT2D eigenvalue weighted by Gasteiger charge is 2.41. The van der Waals surface area contributed by atoms with Crippen molar-refractivity contribution in [2.45, 2.75) is 37.8 Å². The molecular formula is C22H18ClF2N3O4. The Balaban J connectivity index is 1.60. The number of amides is 4. The summed E-state index contributed by atoms with van der Waals surface area (Å²) in [6, 6.07) is 4.71. The summed E-state index contributed by atoms with van der Waals surface area (Å²) in [4.78, 5) is 50.3. The van der Waals surface area contributed by atoms with Gasteiger partial charge in [0, 0.05) is 39.7 Å². The molecule has 3 atom stereocenters. The van der Waals surface area contributed by atoms with Gasteiger partial charge in [0.25, 0.3) is 11.8 Å². The molecule has 2 heterocycles. The molecule has 0 aliphatic carbocycles. The van der Waals surface area contributed by atoms with E-state index in [-0.39, 0.29) is 27.0 Å². The Morgan fingerprint density at radius 1 is 1.31 bits per heavy atom. The number of fused-ring (bicyclic) bond motifs is 1. The molecule has 4 rings (SSSR count). The molecule has 7 nitrogen and oxygen atoms in total. The second kappa shape index (κ2) is 8.31. The molecule has 10 heteroatoms. The highest BCUT2D eigenvalue weighted by atomic mass is 35.5. The number of imide groups is 1. The van der Waals surface area contributed by atoms with E-state index in [1.54, 1.807) is 5.32 Å². The van der Waals surface area contributed by atoms with E-state index in [1.807, 2.05) is 0 Å². The number of alkyl halides is 2. The van der Waals surface area contributed by atoms with E-state index in [1.165, 1.54) is 0 Å². The van der Waals surface area contributed by atoms with Crippen LogP contribution in [0.15, 0.2) is 42.5 Å². The Hall–Kier alpha value is -3.33. The van der Waals surface area contributed by atoms with Gasteiger partial charge in [0.05, 0.1) is 2.74 Å². The van der Waals surface area contributed by atoms with Gasteiger partial charge in [-0.2, -0.15) is 8.78 Å². The Bertz CT molecular complexity index is 1370. The summed E-state index contributed by atoms with van der Waals surface area (Å²) in [5.74, 6) is -9.87. The Labute approximate surface area is 195 Å². The maximum Gasteiger partial charge on any atom is 0.349 e. The van der Waals surface area contributed by atoms with Gasteiger partial charge in [0.15, 0.2) is 1.41 Å². The molecule has 0 radical (unpaired) electrons. The van der Waals surface area contributed by atoms with Crippen LogP contribution in [0.3, 0.4) is 0 Å². The lowest BCUT2D eigenvalue weighted by molar-refractivity contribution is -0.147.